The number of anilines is 2. The van der Waals surface area contributed by atoms with Crippen LogP contribution in [0, 0.1) is 5.82 Å². The summed E-state index contributed by atoms with van der Waals surface area (Å²) in [5, 5.41) is 2.98. The monoisotopic (exact) mass is 414 g/mol. The maximum Gasteiger partial charge on any atom is 0.270 e. The number of nitrogens with one attached hydrogen (secondary N) is 1. The predicted molar refractivity (Wildman–Crippen MR) is 110 cm³/mol. The number of benzene rings is 1. The number of amides is 1. The SMILES string of the molecule is C[C@@H]1CCOCCN(c2ccc(F)c(Cl)c2)c2ccnc3ccc(nc23)C(=O)N1. The third-order valence-electron chi connectivity index (χ3n) is 4.83. The van der Waals surface area contributed by atoms with Crippen LogP contribution in [0.2, 0.25) is 5.02 Å². The van der Waals surface area contributed by atoms with E-state index in [0.717, 1.165) is 5.69 Å². The minimum Gasteiger partial charge on any atom is -0.380 e. The first-order valence-corrected chi connectivity index (χ1v) is 9.77. The molecule has 1 atom stereocenters. The highest BCUT2D eigenvalue weighted by atomic mass is 35.5. The Morgan fingerprint density at radius 3 is 2.93 bits per heavy atom. The quantitative estimate of drug-likeness (QED) is 0.649. The summed E-state index contributed by atoms with van der Waals surface area (Å²) in [6.45, 7) is 3.39. The van der Waals surface area contributed by atoms with Gasteiger partial charge in [-0.25, -0.2) is 9.37 Å². The van der Waals surface area contributed by atoms with Crippen molar-refractivity contribution in [2.75, 3.05) is 24.7 Å². The van der Waals surface area contributed by atoms with Gasteiger partial charge >= 0.3 is 0 Å². The average Bonchev–Trinajstić information content (AvgIpc) is 2.72. The fourth-order valence-electron chi connectivity index (χ4n) is 3.29. The van der Waals surface area contributed by atoms with Crippen molar-refractivity contribution in [3.63, 3.8) is 0 Å². The molecule has 1 amide bonds. The van der Waals surface area contributed by atoms with Gasteiger partial charge in [-0.05, 0) is 49.7 Å². The molecular weight excluding hydrogens is 395 g/mol. The average molecular weight is 415 g/mol. The largest absolute Gasteiger partial charge is 0.380 e. The molecule has 2 aromatic heterocycles. The molecule has 4 rings (SSSR count). The van der Waals surface area contributed by atoms with Gasteiger partial charge in [0.25, 0.3) is 5.91 Å². The summed E-state index contributed by atoms with van der Waals surface area (Å²) in [6.07, 6.45) is 2.36. The zero-order valence-corrected chi connectivity index (χ0v) is 16.6. The minimum absolute atomic E-state index is 0.0338. The molecule has 0 aliphatic carbocycles. The molecule has 8 heteroatoms. The van der Waals surface area contributed by atoms with Gasteiger partial charge in [-0.1, -0.05) is 11.6 Å². The van der Waals surface area contributed by atoms with Crippen molar-refractivity contribution >= 4 is 39.9 Å². The van der Waals surface area contributed by atoms with Crippen molar-refractivity contribution in [1.82, 2.24) is 15.3 Å². The van der Waals surface area contributed by atoms with Gasteiger partial charge in [0, 0.05) is 31.1 Å². The van der Waals surface area contributed by atoms with Gasteiger partial charge in [0.1, 0.15) is 17.0 Å². The van der Waals surface area contributed by atoms with E-state index < -0.39 is 5.82 Å². The number of aromatic nitrogens is 2. The molecule has 3 aromatic rings. The summed E-state index contributed by atoms with van der Waals surface area (Å²) in [6, 6.07) is 9.77. The number of carbonyl (C=O) groups excluding carboxylic acids is 1. The number of fused-ring (bicyclic) bond motifs is 1. The standard InChI is InChI=1S/C21H20ClFN4O2/c1-13-7-10-29-11-9-27(14-2-3-16(23)15(22)12-14)19-6-8-24-17-4-5-18(21(28)25-13)26-20(17)19/h2-6,8,12-13H,7,9-11H2,1H3,(H,25,28)/t13-/m1/s1. The van der Waals surface area contributed by atoms with Gasteiger partial charge in [-0.15, -0.1) is 0 Å². The lowest BCUT2D eigenvalue weighted by Crippen LogP contribution is -2.34. The molecule has 3 heterocycles. The van der Waals surface area contributed by atoms with Crippen molar-refractivity contribution in [3.8, 4) is 0 Å². The first kappa shape index (κ1) is 19.5. The molecule has 0 radical (unpaired) electrons. The Morgan fingerprint density at radius 2 is 2.10 bits per heavy atom. The summed E-state index contributed by atoms with van der Waals surface area (Å²) in [5.74, 6) is -0.729. The van der Waals surface area contributed by atoms with Crippen molar-refractivity contribution in [2.45, 2.75) is 19.4 Å². The van der Waals surface area contributed by atoms with Gasteiger partial charge in [0.05, 0.1) is 22.8 Å². The second kappa shape index (κ2) is 8.31. The summed E-state index contributed by atoms with van der Waals surface area (Å²) >= 11 is 6.02. The fraction of sp³-hybridized carbons (Fsp3) is 0.286. The van der Waals surface area contributed by atoms with Crippen LogP contribution in [-0.2, 0) is 4.74 Å². The molecule has 1 aliphatic rings. The Kier molecular flexibility index (Phi) is 5.60. The van der Waals surface area contributed by atoms with Gasteiger partial charge in [-0.2, -0.15) is 0 Å². The van der Waals surface area contributed by atoms with E-state index >= 15 is 0 Å². The molecule has 1 aromatic carbocycles. The predicted octanol–water partition coefficient (Wildman–Crippen LogP) is 4.10. The van der Waals surface area contributed by atoms with Crippen LogP contribution in [-0.4, -0.2) is 41.7 Å². The number of carbonyl (C=O) groups is 1. The molecule has 0 spiro atoms. The van der Waals surface area contributed by atoms with E-state index in [1.54, 1.807) is 30.5 Å². The van der Waals surface area contributed by atoms with Crippen LogP contribution < -0.4 is 10.2 Å². The van der Waals surface area contributed by atoms with E-state index in [4.69, 9.17) is 16.3 Å². The number of hydrogen-bond donors (Lipinski definition) is 1. The van der Waals surface area contributed by atoms with Crippen LogP contribution >= 0.6 is 11.6 Å². The molecular formula is C21H20ClFN4O2. The number of nitrogens with zero attached hydrogens (tertiary/aromatic N) is 3. The van der Waals surface area contributed by atoms with Crippen LogP contribution in [0.5, 0.6) is 0 Å². The lowest BCUT2D eigenvalue weighted by Gasteiger charge is -2.26. The Bertz CT molecular complexity index is 1060. The molecule has 2 bridgehead atoms. The maximum atomic E-state index is 13.7. The van der Waals surface area contributed by atoms with Crippen molar-refractivity contribution in [1.29, 1.82) is 0 Å². The minimum atomic E-state index is -0.483. The second-order valence-corrected chi connectivity index (χ2v) is 7.33. The highest BCUT2D eigenvalue weighted by Gasteiger charge is 2.19. The van der Waals surface area contributed by atoms with Crippen LogP contribution in [0.1, 0.15) is 23.8 Å². The molecule has 29 heavy (non-hydrogen) atoms. The van der Waals surface area contributed by atoms with Gasteiger partial charge in [0.2, 0.25) is 0 Å². The van der Waals surface area contributed by atoms with E-state index in [0.29, 0.717) is 48.6 Å². The normalized spacial score (nSPS) is 18.1. The molecule has 6 nitrogen and oxygen atoms in total. The Hall–Kier alpha value is -2.77. The maximum absolute atomic E-state index is 13.7. The molecule has 1 N–H and O–H groups in total. The first-order chi connectivity index (χ1) is 14.0. The van der Waals surface area contributed by atoms with Crippen LogP contribution in [0.25, 0.3) is 11.0 Å². The summed E-state index contributed by atoms with van der Waals surface area (Å²) in [5.41, 5.74) is 2.99. The van der Waals surface area contributed by atoms with E-state index in [1.807, 2.05) is 17.9 Å². The number of ether oxygens (including phenoxy) is 1. The third kappa shape index (κ3) is 4.16. The Morgan fingerprint density at radius 1 is 1.24 bits per heavy atom. The van der Waals surface area contributed by atoms with Crippen LogP contribution in [0.3, 0.4) is 0 Å². The van der Waals surface area contributed by atoms with E-state index in [9.17, 15) is 9.18 Å². The van der Waals surface area contributed by atoms with E-state index in [2.05, 4.69) is 15.3 Å². The lowest BCUT2D eigenvalue weighted by molar-refractivity contribution is 0.0914. The van der Waals surface area contributed by atoms with Gasteiger partial charge < -0.3 is 15.0 Å². The second-order valence-electron chi connectivity index (χ2n) is 6.92. The smallest absolute Gasteiger partial charge is 0.270 e. The van der Waals surface area contributed by atoms with Crippen LogP contribution in [0.15, 0.2) is 42.6 Å². The first-order valence-electron chi connectivity index (χ1n) is 9.40. The summed E-state index contributed by atoms with van der Waals surface area (Å²) < 4.78 is 19.5. The van der Waals surface area contributed by atoms with Crippen molar-refractivity contribution in [2.24, 2.45) is 0 Å². The Labute approximate surface area is 172 Å². The number of rotatable bonds is 1. The molecule has 0 saturated carbocycles. The van der Waals surface area contributed by atoms with Crippen molar-refractivity contribution in [3.05, 3.63) is 59.1 Å². The lowest BCUT2D eigenvalue weighted by atomic mass is 10.2. The molecule has 1 aliphatic heterocycles. The van der Waals surface area contributed by atoms with E-state index in [1.165, 1.54) is 6.07 Å². The van der Waals surface area contributed by atoms with Crippen molar-refractivity contribution < 1.29 is 13.9 Å². The highest BCUT2D eigenvalue weighted by molar-refractivity contribution is 6.31. The zero-order chi connectivity index (χ0) is 20.4. The molecule has 0 fully saturated rings. The fourth-order valence-corrected chi connectivity index (χ4v) is 3.46. The van der Waals surface area contributed by atoms with Gasteiger partial charge in [0.15, 0.2) is 0 Å². The summed E-state index contributed by atoms with van der Waals surface area (Å²) in [7, 11) is 0. The van der Waals surface area contributed by atoms with E-state index in [-0.39, 0.29) is 17.0 Å². The zero-order valence-electron chi connectivity index (χ0n) is 15.9. The Balaban J connectivity index is 1.86. The number of halogens is 2. The van der Waals surface area contributed by atoms with Gasteiger partial charge in [-0.3, -0.25) is 9.78 Å². The topological polar surface area (TPSA) is 67.3 Å². The third-order valence-corrected chi connectivity index (χ3v) is 5.12. The molecule has 150 valence electrons. The number of hydrogen-bond acceptors (Lipinski definition) is 5. The highest BCUT2D eigenvalue weighted by Crippen LogP contribution is 2.32. The summed E-state index contributed by atoms with van der Waals surface area (Å²) in [4.78, 5) is 23.5. The molecule has 0 saturated heterocycles. The molecule has 0 unspecified atom stereocenters. The number of pyridine rings is 2. The van der Waals surface area contributed by atoms with Crippen LogP contribution in [0.4, 0.5) is 15.8 Å².